The third kappa shape index (κ3) is 4.20. The number of carbonyl (C=O) groups is 1. The molecule has 1 aliphatic carbocycles. The van der Waals surface area contributed by atoms with Crippen LogP contribution in [-0.4, -0.2) is 36.7 Å². The Hall–Kier alpha value is -2.59. The number of para-hydroxylation sites is 1. The molecule has 6 rings (SSSR count). The van der Waals surface area contributed by atoms with Gasteiger partial charge in [-0.3, -0.25) is 4.79 Å². The third-order valence-corrected chi connectivity index (χ3v) is 10.9. The molecule has 0 spiro atoms. The molecule has 3 heterocycles. The molecular weight excluding hydrogens is 499 g/mol. The number of hydrogen-bond acceptors (Lipinski definition) is 6. The van der Waals surface area contributed by atoms with E-state index >= 15 is 0 Å². The van der Waals surface area contributed by atoms with Gasteiger partial charge in [-0.05, 0) is 80.5 Å². The van der Waals surface area contributed by atoms with Gasteiger partial charge in [0.25, 0.3) is 5.91 Å². The average Bonchev–Trinajstić information content (AvgIpc) is 3.62. The molecule has 0 radical (unpaired) electrons. The number of carbonyl (C=O) groups excluding carboxylic acids is 1. The van der Waals surface area contributed by atoms with Crippen LogP contribution in [0.2, 0.25) is 0 Å². The van der Waals surface area contributed by atoms with Crippen LogP contribution in [0, 0.1) is 0 Å². The van der Waals surface area contributed by atoms with Crippen molar-refractivity contribution in [1.82, 2.24) is 9.29 Å². The zero-order valence-corrected chi connectivity index (χ0v) is 21.6. The number of hydrogen-bond donors (Lipinski definition) is 1. The molecule has 6 nitrogen and oxygen atoms in total. The number of fused-ring (bicyclic) bond motifs is 2. The van der Waals surface area contributed by atoms with Crippen molar-refractivity contribution >= 4 is 53.8 Å². The second-order valence-corrected chi connectivity index (χ2v) is 13.1. The van der Waals surface area contributed by atoms with Gasteiger partial charge in [0.2, 0.25) is 10.0 Å². The summed E-state index contributed by atoms with van der Waals surface area (Å²) in [5, 5.41) is 4.89. The van der Waals surface area contributed by atoms with Gasteiger partial charge in [0, 0.05) is 29.1 Å². The minimum atomic E-state index is -3.50. The summed E-state index contributed by atoms with van der Waals surface area (Å²) in [6.45, 7) is 1.12. The molecule has 0 atom stereocenters. The van der Waals surface area contributed by atoms with E-state index in [2.05, 4.69) is 11.4 Å². The molecular formula is C26H25N3O3S3. The van der Waals surface area contributed by atoms with Crippen molar-refractivity contribution in [3.63, 3.8) is 0 Å². The number of benzene rings is 2. The van der Waals surface area contributed by atoms with E-state index in [-0.39, 0.29) is 10.8 Å². The van der Waals surface area contributed by atoms with Crippen molar-refractivity contribution in [2.24, 2.45) is 0 Å². The number of aryl methyl sites for hydroxylation is 1. The van der Waals surface area contributed by atoms with E-state index in [4.69, 9.17) is 4.98 Å². The minimum absolute atomic E-state index is 0.234. The Kier molecular flexibility index (Phi) is 5.96. The van der Waals surface area contributed by atoms with Crippen LogP contribution in [0.1, 0.15) is 46.5 Å². The van der Waals surface area contributed by atoms with Gasteiger partial charge in [-0.2, -0.15) is 4.31 Å². The van der Waals surface area contributed by atoms with Crippen molar-refractivity contribution in [1.29, 1.82) is 0 Å². The largest absolute Gasteiger partial charge is 0.313 e. The highest BCUT2D eigenvalue weighted by Gasteiger charge is 2.28. The van der Waals surface area contributed by atoms with Gasteiger partial charge in [0.1, 0.15) is 10.0 Å². The molecule has 1 saturated heterocycles. The Bertz CT molecular complexity index is 1480. The fourth-order valence-corrected chi connectivity index (χ4v) is 8.80. The number of sulfonamides is 1. The normalized spacial score (nSPS) is 16.5. The highest BCUT2D eigenvalue weighted by molar-refractivity contribution is 7.89. The van der Waals surface area contributed by atoms with E-state index in [0.29, 0.717) is 18.7 Å². The first-order valence-corrected chi connectivity index (χ1v) is 15.0. The summed E-state index contributed by atoms with van der Waals surface area (Å²) in [6, 6.07) is 14.4. The van der Waals surface area contributed by atoms with Crippen LogP contribution in [0.3, 0.4) is 0 Å². The van der Waals surface area contributed by atoms with Gasteiger partial charge in [-0.15, -0.1) is 22.7 Å². The first-order valence-electron chi connectivity index (χ1n) is 11.9. The summed E-state index contributed by atoms with van der Waals surface area (Å²) in [4.78, 5) is 19.7. The molecule has 180 valence electrons. The van der Waals surface area contributed by atoms with E-state index in [1.54, 1.807) is 34.8 Å². The summed E-state index contributed by atoms with van der Waals surface area (Å²) in [5.74, 6) is -0.240. The summed E-state index contributed by atoms with van der Waals surface area (Å²) in [7, 11) is -3.50. The molecule has 1 N–H and O–H groups in total. The Balaban J connectivity index is 1.31. The first kappa shape index (κ1) is 22.8. The maximum absolute atomic E-state index is 13.2. The van der Waals surface area contributed by atoms with Gasteiger partial charge in [-0.25, -0.2) is 13.4 Å². The molecule has 0 bridgehead atoms. The van der Waals surface area contributed by atoms with Gasteiger partial charge < -0.3 is 5.32 Å². The van der Waals surface area contributed by atoms with Crippen LogP contribution in [0.5, 0.6) is 0 Å². The lowest BCUT2D eigenvalue weighted by atomic mass is 9.95. The number of anilines is 1. The molecule has 35 heavy (non-hydrogen) atoms. The topological polar surface area (TPSA) is 79.4 Å². The van der Waals surface area contributed by atoms with Crippen LogP contribution in [-0.2, 0) is 22.9 Å². The maximum atomic E-state index is 13.2. The van der Waals surface area contributed by atoms with Crippen molar-refractivity contribution in [2.75, 3.05) is 18.4 Å². The first-order chi connectivity index (χ1) is 17.0. The van der Waals surface area contributed by atoms with E-state index in [0.717, 1.165) is 64.3 Å². The Morgan fingerprint density at radius 2 is 1.66 bits per heavy atom. The zero-order chi connectivity index (χ0) is 24.0. The number of nitrogens with zero attached hydrogens (tertiary/aromatic N) is 2. The Morgan fingerprint density at radius 3 is 2.43 bits per heavy atom. The molecule has 9 heteroatoms. The fourth-order valence-electron chi connectivity index (χ4n) is 4.89. The average molecular weight is 524 g/mol. The summed E-state index contributed by atoms with van der Waals surface area (Å²) in [6.07, 6.45) is 6.10. The third-order valence-electron chi connectivity index (χ3n) is 6.73. The van der Waals surface area contributed by atoms with Crippen molar-refractivity contribution in [2.45, 2.75) is 43.4 Å². The van der Waals surface area contributed by atoms with Crippen LogP contribution in [0.4, 0.5) is 5.00 Å². The number of rotatable bonds is 5. The van der Waals surface area contributed by atoms with Gasteiger partial charge in [0.15, 0.2) is 0 Å². The maximum Gasteiger partial charge on any atom is 0.256 e. The smallest absolute Gasteiger partial charge is 0.256 e. The van der Waals surface area contributed by atoms with Crippen molar-refractivity contribution in [3.05, 3.63) is 64.5 Å². The number of thiophene rings is 1. The lowest BCUT2D eigenvalue weighted by Crippen LogP contribution is -2.27. The van der Waals surface area contributed by atoms with E-state index in [9.17, 15) is 13.2 Å². The second kappa shape index (κ2) is 9.13. The lowest BCUT2D eigenvalue weighted by molar-refractivity contribution is 0.102. The van der Waals surface area contributed by atoms with Gasteiger partial charge in [0.05, 0.1) is 15.1 Å². The summed E-state index contributed by atoms with van der Waals surface area (Å²) < 4.78 is 28.3. The highest BCUT2D eigenvalue weighted by Crippen LogP contribution is 2.46. The molecule has 1 aliphatic heterocycles. The van der Waals surface area contributed by atoms with Gasteiger partial charge in [-0.1, -0.05) is 12.1 Å². The number of thiazole rings is 1. The predicted octanol–water partition coefficient (Wildman–Crippen LogP) is 5.94. The SMILES string of the molecule is O=C(Nc1sc2c(c1-c1nc3ccccc3s1)CCCC2)c1ccc(S(=O)(=O)N2CCCC2)cc1. The van der Waals surface area contributed by atoms with E-state index in [1.165, 1.54) is 26.9 Å². The number of amides is 1. The van der Waals surface area contributed by atoms with Crippen LogP contribution in [0.15, 0.2) is 53.4 Å². The number of aromatic nitrogens is 1. The van der Waals surface area contributed by atoms with Crippen LogP contribution >= 0.6 is 22.7 Å². The molecule has 0 unspecified atom stereocenters. The summed E-state index contributed by atoms with van der Waals surface area (Å²) >= 11 is 3.30. The molecule has 4 aromatic rings. The Morgan fingerprint density at radius 1 is 0.914 bits per heavy atom. The van der Waals surface area contributed by atoms with Crippen molar-refractivity contribution < 1.29 is 13.2 Å². The Labute approximate surface area is 212 Å². The zero-order valence-electron chi connectivity index (χ0n) is 19.1. The summed E-state index contributed by atoms with van der Waals surface area (Å²) in [5.41, 5.74) is 3.76. The van der Waals surface area contributed by atoms with E-state index in [1.807, 2.05) is 18.2 Å². The lowest BCUT2D eigenvalue weighted by Gasteiger charge is -2.15. The van der Waals surface area contributed by atoms with Crippen molar-refractivity contribution in [3.8, 4) is 10.6 Å². The van der Waals surface area contributed by atoms with Gasteiger partial charge >= 0.3 is 0 Å². The molecule has 0 saturated carbocycles. The molecule has 2 aromatic heterocycles. The molecule has 2 aliphatic rings. The van der Waals surface area contributed by atoms with Crippen LogP contribution in [0.25, 0.3) is 20.8 Å². The minimum Gasteiger partial charge on any atom is -0.313 e. The standard InChI is InChI=1S/C26H25N3O3S3/c30-24(17-11-13-18(14-12-17)35(31,32)29-15-5-6-16-29)28-26-23(19-7-1-3-9-21(19)33-26)25-27-20-8-2-4-10-22(20)34-25/h2,4,8,10-14H,1,3,5-7,9,15-16H2,(H,28,30). The molecule has 1 amide bonds. The monoisotopic (exact) mass is 523 g/mol. The van der Waals surface area contributed by atoms with E-state index < -0.39 is 10.0 Å². The number of nitrogens with one attached hydrogen (secondary N) is 1. The fraction of sp³-hybridized carbons (Fsp3) is 0.308. The molecule has 1 fully saturated rings. The second-order valence-electron chi connectivity index (χ2n) is 8.99. The van der Waals surface area contributed by atoms with Crippen LogP contribution < -0.4 is 5.32 Å². The molecule has 2 aromatic carbocycles. The quantitative estimate of drug-likeness (QED) is 0.351. The predicted molar refractivity (Wildman–Crippen MR) is 142 cm³/mol. The highest BCUT2D eigenvalue weighted by atomic mass is 32.2.